The first-order valence-electron chi connectivity index (χ1n) is 11.5. The number of hydrogen-bond acceptors (Lipinski definition) is 9. The van der Waals surface area contributed by atoms with E-state index in [4.69, 9.17) is 21.1 Å². The van der Waals surface area contributed by atoms with Crippen molar-refractivity contribution < 1.29 is 14.3 Å². The first-order chi connectivity index (χ1) is 17.9. The molecule has 1 aromatic carbocycles. The summed E-state index contributed by atoms with van der Waals surface area (Å²) in [6.07, 6.45) is 3.28. The Morgan fingerprint density at radius 2 is 2.11 bits per heavy atom. The Labute approximate surface area is 222 Å². The minimum Gasteiger partial charge on any atom is -0.445 e. The number of benzene rings is 1. The molecule has 3 aromatic heterocycles. The van der Waals surface area contributed by atoms with Crippen LogP contribution in [0.3, 0.4) is 0 Å². The van der Waals surface area contributed by atoms with Gasteiger partial charge in [-0.3, -0.25) is 5.32 Å². The third kappa shape index (κ3) is 6.09. The number of nitrogens with zero attached hydrogens (tertiary/aromatic N) is 4. The van der Waals surface area contributed by atoms with Gasteiger partial charge in [0, 0.05) is 45.0 Å². The summed E-state index contributed by atoms with van der Waals surface area (Å²) in [4.78, 5) is 27.8. The number of carbonyl (C=O) groups excluding carboxylic acids is 1. The van der Waals surface area contributed by atoms with Crippen LogP contribution in [0.1, 0.15) is 11.3 Å². The normalized spacial score (nSPS) is 16.6. The molecule has 11 heteroatoms. The monoisotopic (exact) mass is 534 g/mol. The molecular weight excluding hydrogens is 512 g/mol. The molecule has 1 amide bonds. The number of carbonyl (C=O) groups is 1. The number of rotatable bonds is 5. The van der Waals surface area contributed by atoms with Crippen LogP contribution in [-0.2, 0) is 4.74 Å². The number of thiophene rings is 1. The average molecular weight is 535 g/mol. The van der Waals surface area contributed by atoms with E-state index in [0.29, 0.717) is 35.4 Å². The Morgan fingerprint density at radius 1 is 1.22 bits per heavy atom. The van der Waals surface area contributed by atoms with Gasteiger partial charge in [0.25, 0.3) is 0 Å². The van der Waals surface area contributed by atoms with Gasteiger partial charge in [-0.25, -0.2) is 19.7 Å². The summed E-state index contributed by atoms with van der Waals surface area (Å²) in [6, 6.07) is 12.7. The Balaban J connectivity index is 1.27. The van der Waals surface area contributed by atoms with Crippen LogP contribution in [0.15, 0.2) is 55.0 Å². The first kappa shape index (κ1) is 24.8. The maximum absolute atomic E-state index is 11.8. The standard InChI is InChI=1S/C26H23ClN6O3S/c1-33(2)26(34)35-18-11-16(29-14-18)6-8-19-13-20-24(30-15-31-25(20)37-19)32-17-7-9-22(21(27)12-17)36-23-5-3-4-10-28-23/h3-5,7,9-10,12-13,15-16,18,29H,11,14H2,1-2H3,(H,30,31,32)/t16-,18+/m0/s1. The molecule has 1 saturated heterocycles. The second-order valence-corrected chi connectivity index (χ2v) is 9.90. The third-order valence-electron chi connectivity index (χ3n) is 5.47. The van der Waals surface area contributed by atoms with Crippen molar-refractivity contribution in [1.29, 1.82) is 0 Å². The van der Waals surface area contributed by atoms with E-state index in [0.717, 1.165) is 20.8 Å². The lowest BCUT2D eigenvalue weighted by molar-refractivity contribution is 0.0826. The lowest BCUT2D eigenvalue weighted by atomic mass is 10.2. The van der Waals surface area contributed by atoms with Crippen LogP contribution >= 0.6 is 22.9 Å². The number of halogens is 1. The minimum atomic E-state index is -0.347. The van der Waals surface area contributed by atoms with Crippen molar-refractivity contribution in [2.45, 2.75) is 18.6 Å². The second-order valence-electron chi connectivity index (χ2n) is 8.46. The van der Waals surface area contributed by atoms with E-state index >= 15 is 0 Å². The van der Waals surface area contributed by atoms with Crippen LogP contribution in [0.5, 0.6) is 11.6 Å². The molecule has 188 valence electrons. The molecule has 5 rings (SSSR count). The number of pyridine rings is 1. The van der Waals surface area contributed by atoms with Gasteiger partial charge in [0.1, 0.15) is 28.8 Å². The van der Waals surface area contributed by atoms with Crippen molar-refractivity contribution in [2.75, 3.05) is 26.0 Å². The maximum atomic E-state index is 11.8. The molecule has 37 heavy (non-hydrogen) atoms. The molecule has 0 bridgehead atoms. The van der Waals surface area contributed by atoms with Crippen molar-refractivity contribution in [1.82, 2.24) is 25.2 Å². The topological polar surface area (TPSA) is 102 Å². The van der Waals surface area contributed by atoms with Crippen molar-refractivity contribution in [3.8, 4) is 23.5 Å². The van der Waals surface area contributed by atoms with Gasteiger partial charge < -0.3 is 19.7 Å². The fraction of sp³-hybridized carbons (Fsp3) is 0.231. The molecule has 0 unspecified atom stereocenters. The first-order valence-corrected chi connectivity index (χ1v) is 12.7. The highest BCUT2D eigenvalue weighted by molar-refractivity contribution is 7.19. The van der Waals surface area contributed by atoms with Crippen LogP contribution < -0.4 is 15.4 Å². The smallest absolute Gasteiger partial charge is 0.409 e. The number of anilines is 2. The van der Waals surface area contributed by atoms with Gasteiger partial charge in [0.15, 0.2) is 0 Å². The summed E-state index contributed by atoms with van der Waals surface area (Å²) in [7, 11) is 3.33. The molecule has 0 saturated carbocycles. The zero-order valence-corrected chi connectivity index (χ0v) is 21.6. The average Bonchev–Trinajstić information content (AvgIpc) is 3.52. The lowest BCUT2D eigenvalue weighted by Gasteiger charge is -2.15. The summed E-state index contributed by atoms with van der Waals surface area (Å²) in [5, 5.41) is 7.90. The SMILES string of the molecule is CN(C)C(=O)O[C@H]1CN[C@@H](C#Cc2cc3c(Nc4ccc(Oc5ccccn5)c(Cl)c4)ncnc3s2)C1. The van der Waals surface area contributed by atoms with E-state index in [-0.39, 0.29) is 18.2 Å². The van der Waals surface area contributed by atoms with Gasteiger partial charge in [0.05, 0.1) is 21.3 Å². The second kappa shape index (κ2) is 11.0. The van der Waals surface area contributed by atoms with Gasteiger partial charge in [-0.15, -0.1) is 11.3 Å². The number of ether oxygens (including phenoxy) is 2. The maximum Gasteiger partial charge on any atom is 0.409 e. The number of aromatic nitrogens is 3. The fourth-order valence-corrected chi connectivity index (χ4v) is 4.72. The molecule has 0 radical (unpaired) electrons. The molecule has 2 N–H and O–H groups in total. The third-order valence-corrected chi connectivity index (χ3v) is 6.72. The lowest BCUT2D eigenvalue weighted by Crippen LogP contribution is -2.29. The van der Waals surface area contributed by atoms with Crippen molar-refractivity contribution >= 4 is 50.8 Å². The number of hydrogen-bond donors (Lipinski definition) is 2. The van der Waals surface area contributed by atoms with Gasteiger partial charge >= 0.3 is 6.09 Å². The van der Waals surface area contributed by atoms with Crippen molar-refractivity contribution in [3.05, 3.63) is 64.9 Å². The minimum absolute atomic E-state index is 0.0529. The van der Waals surface area contributed by atoms with Gasteiger partial charge in [-0.1, -0.05) is 29.5 Å². The number of nitrogens with one attached hydrogen (secondary N) is 2. The zero-order valence-electron chi connectivity index (χ0n) is 20.1. The summed E-state index contributed by atoms with van der Waals surface area (Å²) in [5.74, 6) is 8.08. The van der Waals surface area contributed by atoms with E-state index in [1.807, 2.05) is 24.3 Å². The van der Waals surface area contributed by atoms with Crippen LogP contribution in [0.2, 0.25) is 5.02 Å². The summed E-state index contributed by atoms with van der Waals surface area (Å²) >= 11 is 7.94. The molecule has 4 heterocycles. The van der Waals surface area contributed by atoms with Gasteiger partial charge in [-0.2, -0.15) is 0 Å². The highest BCUT2D eigenvalue weighted by Crippen LogP contribution is 2.34. The van der Waals surface area contributed by atoms with Crippen molar-refractivity contribution in [3.63, 3.8) is 0 Å². The van der Waals surface area contributed by atoms with E-state index in [9.17, 15) is 4.79 Å². The largest absolute Gasteiger partial charge is 0.445 e. The Hall–Kier alpha value is -3.91. The molecule has 1 aliphatic heterocycles. The number of fused-ring (bicyclic) bond motifs is 1. The fourth-order valence-electron chi connectivity index (χ4n) is 3.64. The van der Waals surface area contributed by atoms with Crippen LogP contribution in [0, 0.1) is 11.8 Å². The van der Waals surface area contributed by atoms with Crippen LogP contribution in [0.4, 0.5) is 16.3 Å². The zero-order chi connectivity index (χ0) is 25.8. The molecule has 1 aliphatic rings. The van der Waals surface area contributed by atoms with Crippen LogP contribution in [-0.4, -0.2) is 58.7 Å². The highest BCUT2D eigenvalue weighted by atomic mass is 35.5. The van der Waals surface area contributed by atoms with Crippen LogP contribution in [0.25, 0.3) is 10.2 Å². The molecular formula is C26H23ClN6O3S. The molecule has 0 aliphatic carbocycles. The van der Waals surface area contributed by atoms with E-state index in [1.165, 1.54) is 22.6 Å². The van der Waals surface area contributed by atoms with E-state index < -0.39 is 0 Å². The summed E-state index contributed by atoms with van der Waals surface area (Å²) < 4.78 is 11.2. The Kier molecular flexibility index (Phi) is 7.37. The molecule has 0 spiro atoms. The molecule has 2 atom stereocenters. The van der Waals surface area contributed by atoms with Gasteiger partial charge in [-0.05, 0) is 30.3 Å². The highest BCUT2D eigenvalue weighted by Gasteiger charge is 2.26. The molecule has 4 aromatic rings. The van der Waals surface area contributed by atoms with E-state index in [1.54, 1.807) is 38.5 Å². The van der Waals surface area contributed by atoms with E-state index in [2.05, 4.69) is 37.4 Å². The van der Waals surface area contributed by atoms with Crippen molar-refractivity contribution in [2.24, 2.45) is 0 Å². The van der Waals surface area contributed by atoms with Gasteiger partial charge in [0.2, 0.25) is 5.88 Å². The summed E-state index contributed by atoms with van der Waals surface area (Å²) in [6.45, 7) is 0.582. The summed E-state index contributed by atoms with van der Waals surface area (Å²) in [5.41, 5.74) is 0.755. The predicted molar refractivity (Wildman–Crippen MR) is 144 cm³/mol. The predicted octanol–water partition coefficient (Wildman–Crippen LogP) is 5.06. The number of amides is 1. The Bertz CT molecular complexity index is 1480. The molecule has 9 nitrogen and oxygen atoms in total. The Morgan fingerprint density at radius 3 is 2.89 bits per heavy atom. The molecule has 1 fully saturated rings. The quantitative estimate of drug-likeness (QED) is 0.343.